The van der Waals surface area contributed by atoms with E-state index in [1.54, 1.807) is 6.92 Å². The van der Waals surface area contributed by atoms with Crippen LogP contribution in [0.2, 0.25) is 0 Å². The third-order valence-corrected chi connectivity index (χ3v) is 3.57. The van der Waals surface area contributed by atoms with Gasteiger partial charge in [0.15, 0.2) is 5.78 Å². The van der Waals surface area contributed by atoms with E-state index in [1.165, 1.54) is 0 Å². The van der Waals surface area contributed by atoms with Crippen molar-refractivity contribution in [3.8, 4) is 0 Å². The quantitative estimate of drug-likeness (QED) is 0.395. The molecule has 0 radical (unpaired) electrons. The molecule has 0 aromatic carbocycles. The fourth-order valence-corrected chi connectivity index (χ4v) is 2.82. The number of carbonyl (C=O) groups excluding carboxylic acids is 2. The van der Waals surface area contributed by atoms with Crippen molar-refractivity contribution in [3.63, 3.8) is 0 Å². The van der Waals surface area contributed by atoms with Gasteiger partial charge in [-0.05, 0) is 26.2 Å². The molecule has 2 unspecified atom stereocenters. The minimum atomic E-state index is -0.865. The molecule has 2 aliphatic carbocycles. The highest BCUT2D eigenvalue weighted by Gasteiger charge is 2.57. The molecule has 3 heteroatoms. The molecular formula is C12H16O3. The predicted octanol–water partition coefficient (Wildman–Crippen LogP) is 1.86. The molecule has 2 fully saturated rings. The maximum absolute atomic E-state index is 12.1. The molecule has 82 valence electrons. The monoisotopic (exact) mass is 208 g/mol. The van der Waals surface area contributed by atoms with Crippen molar-refractivity contribution in [1.82, 2.24) is 0 Å². The first-order valence-corrected chi connectivity index (χ1v) is 5.51. The third kappa shape index (κ3) is 1.33. The average Bonchev–Trinajstić information content (AvgIpc) is 2.37. The number of ketones is 1. The number of rotatable bonds is 2. The van der Waals surface area contributed by atoms with Crippen LogP contribution in [-0.4, -0.2) is 18.4 Å². The molecule has 0 N–H and O–H groups in total. The summed E-state index contributed by atoms with van der Waals surface area (Å²) >= 11 is 0. The van der Waals surface area contributed by atoms with E-state index < -0.39 is 5.41 Å². The van der Waals surface area contributed by atoms with E-state index in [9.17, 15) is 9.59 Å². The van der Waals surface area contributed by atoms with Gasteiger partial charge in [0.25, 0.3) is 0 Å². The van der Waals surface area contributed by atoms with Crippen LogP contribution in [0.5, 0.6) is 0 Å². The van der Waals surface area contributed by atoms with Crippen molar-refractivity contribution < 1.29 is 14.3 Å². The second-order valence-corrected chi connectivity index (χ2v) is 4.45. The zero-order valence-corrected chi connectivity index (χ0v) is 9.04. The Balaban J connectivity index is 2.30. The first-order valence-electron chi connectivity index (χ1n) is 5.51. The van der Waals surface area contributed by atoms with Gasteiger partial charge in [-0.1, -0.05) is 18.6 Å². The summed E-state index contributed by atoms with van der Waals surface area (Å²) in [4.78, 5) is 23.9. The van der Waals surface area contributed by atoms with Gasteiger partial charge in [0.1, 0.15) is 5.41 Å². The van der Waals surface area contributed by atoms with Crippen molar-refractivity contribution in [3.05, 3.63) is 12.2 Å². The Kier molecular flexibility index (Phi) is 2.41. The van der Waals surface area contributed by atoms with Gasteiger partial charge in [0.05, 0.1) is 6.61 Å². The molecule has 0 heterocycles. The third-order valence-electron chi connectivity index (χ3n) is 3.57. The molecule has 0 aromatic heterocycles. The van der Waals surface area contributed by atoms with Gasteiger partial charge >= 0.3 is 5.97 Å². The van der Waals surface area contributed by atoms with Gasteiger partial charge in [-0.15, -0.1) is 0 Å². The lowest BCUT2D eigenvalue weighted by Crippen LogP contribution is -2.41. The number of esters is 1. The lowest BCUT2D eigenvalue weighted by Gasteiger charge is -2.28. The first kappa shape index (κ1) is 10.4. The number of carbonyl (C=O) groups is 2. The van der Waals surface area contributed by atoms with E-state index in [4.69, 9.17) is 4.74 Å². The minimum absolute atomic E-state index is 0.0530. The van der Waals surface area contributed by atoms with Crippen LogP contribution >= 0.6 is 0 Å². The van der Waals surface area contributed by atoms with Gasteiger partial charge in [0.2, 0.25) is 0 Å². The number of fused-ring (bicyclic) bond motifs is 2. The molecule has 0 amide bonds. The highest BCUT2D eigenvalue weighted by Crippen LogP contribution is 2.51. The summed E-state index contributed by atoms with van der Waals surface area (Å²) in [6.07, 6.45) is 2.93. The van der Waals surface area contributed by atoms with Gasteiger partial charge in [-0.25, -0.2) is 0 Å². The summed E-state index contributed by atoms with van der Waals surface area (Å²) in [6, 6.07) is 0. The molecule has 0 saturated heterocycles. The summed E-state index contributed by atoms with van der Waals surface area (Å²) in [7, 11) is 0. The van der Waals surface area contributed by atoms with Crippen molar-refractivity contribution >= 4 is 11.8 Å². The number of Topliss-reactive ketones (excluding diaryl/α,β-unsaturated/α-hetero) is 1. The van der Waals surface area contributed by atoms with Crippen LogP contribution in [0.3, 0.4) is 0 Å². The van der Waals surface area contributed by atoms with Crippen LogP contribution in [0.15, 0.2) is 12.2 Å². The molecule has 2 atom stereocenters. The molecule has 15 heavy (non-hydrogen) atoms. The lowest BCUT2D eigenvalue weighted by molar-refractivity contribution is -0.161. The normalized spacial score (nSPS) is 34.3. The van der Waals surface area contributed by atoms with Crippen LogP contribution < -0.4 is 0 Å². The lowest BCUT2D eigenvalue weighted by atomic mass is 9.74. The summed E-state index contributed by atoms with van der Waals surface area (Å²) in [5.74, 6) is -0.362. The van der Waals surface area contributed by atoms with Crippen LogP contribution in [0.25, 0.3) is 0 Å². The van der Waals surface area contributed by atoms with Gasteiger partial charge in [-0.2, -0.15) is 0 Å². The smallest absolute Gasteiger partial charge is 0.319 e. The Morgan fingerprint density at radius 2 is 2.40 bits per heavy atom. The number of hydrogen-bond acceptors (Lipinski definition) is 3. The molecule has 3 nitrogen and oxygen atoms in total. The van der Waals surface area contributed by atoms with E-state index in [0.717, 1.165) is 18.4 Å². The van der Waals surface area contributed by atoms with Crippen LogP contribution in [0, 0.1) is 11.3 Å². The highest BCUT2D eigenvalue weighted by atomic mass is 16.5. The van der Waals surface area contributed by atoms with E-state index in [0.29, 0.717) is 19.4 Å². The number of ether oxygens (including phenoxy) is 1. The highest BCUT2D eigenvalue weighted by molar-refractivity contribution is 6.09. The minimum Gasteiger partial charge on any atom is -0.465 e. The van der Waals surface area contributed by atoms with Crippen LogP contribution in [-0.2, 0) is 14.3 Å². The van der Waals surface area contributed by atoms with Crippen molar-refractivity contribution in [2.24, 2.45) is 11.3 Å². The summed E-state index contributed by atoms with van der Waals surface area (Å²) in [5, 5.41) is 0. The number of allylic oxidation sites excluding steroid dienone is 1. The SMILES string of the molecule is C=C1CC2(C(=O)OCC)CCCC1C2=O. The number of hydrogen-bond donors (Lipinski definition) is 0. The van der Waals surface area contributed by atoms with E-state index >= 15 is 0 Å². The molecule has 2 rings (SSSR count). The van der Waals surface area contributed by atoms with Crippen molar-refractivity contribution in [1.29, 1.82) is 0 Å². The van der Waals surface area contributed by atoms with Crippen LogP contribution in [0.1, 0.15) is 32.6 Å². The van der Waals surface area contributed by atoms with Crippen LogP contribution in [0.4, 0.5) is 0 Å². The Hall–Kier alpha value is -1.12. The summed E-state index contributed by atoms with van der Waals surface area (Å²) in [5.41, 5.74) is 0.0567. The van der Waals surface area contributed by atoms with E-state index in [-0.39, 0.29) is 17.7 Å². The average molecular weight is 208 g/mol. The summed E-state index contributed by atoms with van der Waals surface area (Å²) < 4.78 is 5.02. The fourth-order valence-electron chi connectivity index (χ4n) is 2.82. The van der Waals surface area contributed by atoms with E-state index in [2.05, 4.69) is 6.58 Å². The molecule has 0 aliphatic heterocycles. The van der Waals surface area contributed by atoms with Crippen molar-refractivity contribution in [2.75, 3.05) is 6.61 Å². The molecule has 0 spiro atoms. The predicted molar refractivity (Wildman–Crippen MR) is 55.2 cm³/mol. The largest absolute Gasteiger partial charge is 0.465 e. The second-order valence-electron chi connectivity index (χ2n) is 4.45. The fraction of sp³-hybridized carbons (Fsp3) is 0.667. The van der Waals surface area contributed by atoms with Gasteiger partial charge in [-0.3, -0.25) is 9.59 Å². The van der Waals surface area contributed by atoms with Crippen molar-refractivity contribution in [2.45, 2.75) is 32.6 Å². The topological polar surface area (TPSA) is 43.4 Å². The molecule has 2 saturated carbocycles. The van der Waals surface area contributed by atoms with Gasteiger partial charge in [0, 0.05) is 5.92 Å². The summed E-state index contributed by atoms with van der Waals surface area (Å²) in [6.45, 7) is 6.01. The molecule has 2 aliphatic rings. The molecule has 0 aromatic rings. The van der Waals surface area contributed by atoms with E-state index in [1.807, 2.05) is 0 Å². The maximum atomic E-state index is 12.1. The Labute approximate surface area is 89.5 Å². The second kappa shape index (κ2) is 3.47. The van der Waals surface area contributed by atoms with Gasteiger partial charge < -0.3 is 4.74 Å². The Bertz CT molecular complexity index is 332. The molecular weight excluding hydrogens is 192 g/mol. The maximum Gasteiger partial charge on any atom is 0.319 e. The standard InChI is InChI=1S/C12H16O3/c1-3-15-11(14)12-6-4-5-9(10(12)13)8(2)7-12/h9H,2-7H2,1H3. The Morgan fingerprint density at radius 3 is 3.07 bits per heavy atom. The Morgan fingerprint density at radius 1 is 1.67 bits per heavy atom. The zero-order valence-electron chi connectivity index (χ0n) is 9.04. The molecule has 2 bridgehead atoms. The zero-order chi connectivity index (χ0) is 11.1. The first-order chi connectivity index (χ1) is 7.12.